The number of carbonyl (C=O) groups excluding carboxylic acids is 1. The lowest BCUT2D eigenvalue weighted by atomic mass is 10.1. The van der Waals surface area contributed by atoms with Crippen LogP contribution in [0.25, 0.3) is 6.08 Å². The molecule has 0 unspecified atom stereocenters. The van der Waals surface area contributed by atoms with Gasteiger partial charge < -0.3 is 9.73 Å². The molecule has 6 nitrogen and oxygen atoms in total. The molecule has 1 N–H and O–H groups in total. The van der Waals surface area contributed by atoms with Gasteiger partial charge in [-0.05, 0) is 46.3 Å². The van der Waals surface area contributed by atoms with Crippen LogP contribution in [0.2, 0.25) is 0 Å². The molecule has 0 fully saturated rings. The van der Waals surface area contributed by atoms with Crippen LogP contribution < -0.4 is 5.32 Å². The summed E-state index contributed by atoms with van der Waals surface area (Å²) in [6.45, 7) is 10.7. The van der Waals surface area contributed by atoms with Gasteiger partial charge in [0.2, 0.25) is 11.8 Å². The molecular formula is C22H26N4O2. The van der Waals surface area contributed by atoms with Crippen LogP contribution in [0.1, 0.15) is 45.4 Å². The number of hydrogen-bond donors (Lipinski definition) is 1. The van der Waals surface area contributed by atoms with E-state index in [0.29, 0.717) is 12.4 Å². The molecule has 0 aliphatic heterocycles. The summed E-state index contributed by atoms with van der Waals surface area (Å²) in [5, 5.41) is 7.41. The second-order valence-electron chi connectivity index (χ2n) is 7.03. The lowest BCUT2D eigenvalue weighted by Gasteiger charge is -2.05. The van der Waals surface area contributed by atoms with Gasteiger partial charge in [0.05, 0.1) is 24.5 Å². The van der Waals surface area contributed by atoms with E-state index in [-0.39, 0.29) is 12.5 Å². The minimum absolute atomic E-state index is 0.196. The summed E-state index contributed by atoms with van der Waals surface area (Å²) in [6, 6.07) is 8.42. The zero-order valence-electron chi connectivity index (χ0n) is 17.0. The number of nitrogens with zero attached hydrogens (tertiary/aromatic N) is 3. The quantitative estimate of drug-likeness (QED) is 0.662. The highest BCUT2D eigenvalue weighted by Crippen LogP contribution is 2.17. The molecule has 0 bridgehead atoms. The predicted octanol–water partition coefficient (Wildman–Crippen LogP) is 3.79. The monoisotopic (exact) mass is 378 g/mol. The van der Waals surface area contributed by atoms with E-state index in [1.165, 1.54) is 17.2 Å². The number of amides is 1. The topological polar surface area (TPSA) is 73.0 Å². The van der Waals surface area contributed by atoms with Gasteiger partial charge in [-0.1, -0.05) is 29.8 Å². The van der Waals surface area contributed by atoms with Gasteiger partial charge in [-0.25, -0.2) is 4.98 Å². The summed E-state index contributed by atoms with van der Waals surface area (Å²) in [6.07, 6.45) is 3.33. The average Bonchev–Trinajstić information content (AvgIpc) is 3.12. The third-order valence-electron chi connectivity index (χ3n) is 4.78. The van der Waals surface area contributed by atoms with Crippen LogP contribution in [0.4, 0.5) is 0 Å². The molecule has 0 saturated carbocycles. The minimum Gasteiger partial charge on any atom is -0.444 e. The highest BCUT2D eigenvalue weighted by atomic mass is 16.4. The van der Waals surface area contributed by atoms with E-state index in [0.717, 1.165) is 28.4 Å². The first-order valence-corrected chi connectivity index (χ1v) is 9.32. The minimum atomic E-state index is -0.196. The number of oxazole rings is 1. The second kappa shape index (κ2) is 8.25. The van der Waals surface area contributed by atoms with Crippen molar-refractivity contribution >= 4 is 12.0 Å². The molecule has 0 aliphatic rings. The zero-order chi connectivity index (χ0) is 20.3. The number of carbonyl (C=O) groups is 1. The third kappa shape index (κ3) is 4.57. The summed E-state index contributed by atoms with van der Waals surface area (Å²) < 4.78 is 7.44. The number of aromatic nitrogens is 3. The van der Waals surface area contributed by atoms with E-state index >= 15 is 0 Å². The van der Waals surface area contributed by atoms with Crippen LogP contribution in [-0.4, -0.2) is 20.7 Å². The maximum atomic E-state index is 12.1. The van der Waals surface area contributed by atoms with E-state index in [1.807, 2.05) is 38.5 Å². The Bertz CT molecular complexity index is 991. The van der Waals surface area contributed by atoms with Gasteiger partial charge in [0.1, 0.15) is 5.76 Å². The molecule has 0 saturated heterocycles. The van der Waals surface area contributed by atoms with Gasteiger partial charge in [0.25, 0.3) is 0 Å². The van der Waals surface area contributed by atoms with Crippen LogP contribution in [0.3, 0.4) is 0 Å². The zero-order valence-corrected chi connectivity index (χ0v) is 17.0. The number of hydrogen-bond acceptors (Lipinski definition) is 4. The Kier molecular flexibility index (Phi) is 5.78. The molecule has 6 heteroatoms. The van der Waals surface area contributed by atoms with Crippen LogP contribution in [0.5, 0.6) is 0 Å². The highest BCUT2D eigenvalue weighted by molar-refractivity contribution is 5.91. The van der Waals surface area contributed by atoms with Gasteiger partial charge in [0.15, 0.2) is 0 Å². The molecule has 1 amide bonds. The molecule has 2 aromatic heterocycles. The molecule has 2 heterocycles. The Hall–Kier alpha value is -3.15. The van der Waals surface area contributed by atoms with Crippen LogP contribution in [0.15, 0.2) is 34.8 Å². The Labute approximate surface area is 165 Å². The molecule has 0 aliphatic carbocycles. The Morgan fingerprint density at radius 2 is 1.82 bits per heavy atom. The maximum Gasteiger partial charge on any atom is 0.244 e. The van der Waals surface area contributed by atoms with Gasteiger partial charge >= 0.3 is 0 Å². The highest BCUT2D eigenvalue weighted by Gasteiger charge is 2.10. The van der Waals surface area contributed by atoms with Crippen molar-refractivity contribution in [1.29, 1.82) is 0 Å². The average molecular weight is 378 g/mol. The molecule has 1 aromatic carbocycles. The Morgan fingerprint density at radius 3 is 2.46 bits per heavy atom. The van der Waals surface area contributed by atoms with Crippen molar-refractivity contribution in [1.82, 2.24) is 20.1 Å². The van der Waals surface area contributed by atoms with E-state index in [4.69, 9.17) is 4.42 Å². The van der Waals surface area contributed by atoms with Crippen molar-refractivity contribution in [3.05, 3.63) is 75.8 Å². The predicted molar refractivity (Wildman–Crippen MR) is 109 cm³/mol. The van der Waals surface area contributed by atoms with E-state index in [9.17, 15) is 4.79 Å². The smallest absolute Gasteiger partial charge is 0.244 e. The Balaban J connectivity index is 1.65. The fraction of sp³-hybridized carbons (Fsp3) is 0.318. The van der Waals surface area contributed by atoms with Gasteiger partial charge in [0, 0.05) is 17.3 Å². The van der Waals surface area contributed by atoms with E-state index in [2.05, 4.69) is 46.6 Å². The molecule has 3 aromatic rings. The van der Waals surface area contributed by atoms with Gasteiger partial charge in [-0.3, -0.25) is 9.48 Å². The number of rotatable bonds is 6. The first-order valence-electron chi connectivity index (χ1n) is 9.32. The molecule has 0 radical (unpaired) electrons. The fourth-order valence-electron chi connectivity index (χ4n) is 2.97. The molecule has 28 heavy (non-hydrogen) atoms. The number of benzene rings is 1. The van der Waals surface area contributed by atoms with Crippen LogP contribution >= 0.6 is 0 Å². The largest absolute Gasteiger partial charge is 0.444 e. The van der Waals surface area contributed by atoms with Crippen molar-refractivity contribution in [3.8, 4) is 0 Å². The SMILES string of the molecule is Cc1ccc(Cn2nc(C)c(C=CC(=O)NCc3nc(C)c(C)o3)c2C)cc1. The van der Waals surface area contributed by atoms with Crippen molar-refractivity contribution < 1.29 is 9.21 Å². The van der Waals surface area contributed by atoms with Crippen molar-refractivity contribution in [3.63, 3.8) is 0 Å². The lowest BCUT2D eigenvalue weighted by molar-refractivity contribution is -0.116. The third-order valence-corrected chi connectivity index (χ3v) is 4.78. The van der Waals surface area contributed by atoms with Gasteiger partial charge in [-0.15, -0.1) is 0 Å². The van der Waals surface area contributed by atoms with Crippen molar-refractivity contribution in [2.24, 2.45) is 0 Å². The van der Waals surface area contributed by atoms with E-state index < -0.39 is 0 Å². The lowest BCUT2D eigenvalue weighted by Crippen LogP contribution is -2.20. The maximum absolute atomic E-state index is 12.1. The normalized spacial score (nSPS) is 11.3. The fourth-order valence-corrected chi connectivity index (χ4v) is 2.97. The summed E-state index contributed by atoms with van der Waals surface area (Å²) in [7, 11) is 0. The van der Waals surface area contributed by atoms with Gasteiger partial charge in [-0.2, -0.15) is 5.10 Å². The standard InChI is InChI=1S/C22H26N4O2/c1-14-6-8-19(9-7-14)13-26-17(4)20(16(3)25-26)10-11-21(27)23-12-22-24-15(2)18(5)28-22/h6-11H,12-13H2,1-5H3,(H,23,27). The van der Waals surface area contributed by atoms with Crippen molar-refractivity contribution in [2.45, 2.75) is 47.7 Å². The summed E-state index contributed by atoms with van der Waals surface area (Å²) in [4.78, 5) is 16.4. The van der Waals surface area contributed by atoms with Crippen molar-refractivity contribution in [2.75, 3.05) is 0 Å². The molecule has 146 valence electrons. The summed E-state index contributed by atoms with van der Waals surface area (Å²) >= 11 is 0. The summed E-state index contributed by atoms with van der Waals surface area (Å²) in [5.74, 6) is 1.08. The molecule has 0 spiro atoms. The Morgan fingerprint density at radius 1 is 1.11 bits per heavy atom. The number of aryl methyl sites for hydroxylation is 4. The molecule has 3 rings (SSSR count). The van der Waals surface area contributed by atoms with Crippen LogP contribution in [-0.2, 0) is 17.9 Å². The first kappa shape index (κ1) is 19.6. The van der Waals surface area contributed by atoms with Crippen LogP contribution in [0, 0.1) is 34.6 Å². The van der Waals surface area contributed by atoms with E-state index in [1.54, 1.807) is 0 Å². The second-order valence-corrected chi connectivity index (χ2v) is 7.03. The summed E-state index contributed by atoms with van der Waals surface area (Å²) in [5.41, 5.74) is 6.16. The molecular weight excluding hydrogens is 352 g/mol. The molecule has 0 atom stereocenters. The number of nitrogens with one attached hydrogen (secondary N) is 1. The first-order chi connectivity index (χ1) is 13.3.